The van der Waals surface area contributed by atoms with Gasteiger partial charge in [-0.15, -0.1) is 0 Å². The third-order valence-electron chi connectivity index (χ3n) is 3.70. The molecule has 0 radical (unpaired) electrons. The molecule has 3 heterocycles. The van der Waals surface area contributed by atoms with Gasteiger partial charge in [0, 0.05) is 31.3 Å². The number of pyridine rings is 1. The first-order chi connectivity index (χ1) is 10.6. The van der Waals surface area contributed by atoms with Crippen LogP contribution in [0.15, 0.2) is 23.5 Å². The first-order valence-electron chi connectivity index (χ1n) is 6.93. The molecule has 0 aliphatic carbocycles. The molecule has 7 heteroatoms. The minimum absolute atomic E-state index is 0.109. The van der Waals surface area contributed by atoms with Crippen molar-refractivity contribution in [2.24, 2.45) is 0 Å². The molecule has 0 amide bonds. The number of carbonyl (C=O) groups is 1. The molecular weight excluding hydrogens is 300 g/mol. The monoisotopic (exact) mass is 316 g/mol. The molecule has 2 aromatic rings. The Morgan fingerprint density at radius 1 is 1.36 bits per heavy atom. The number of rotatable bonds is 3. The van der Waals surface area contributed by atoms with Crippen LogP contribution in [0.1, 0.15) is 27.3 Å². The van der Waals surface area contributed by atoms with Gasteiger partial charge in [0.25, 0.3) is 0 Å². The van der Waals surface area contributed by atoms with Crippen LogP contribution in [0, 0.1) is 6.92 Å². The van der Waals surface area contributed by atoms with Crippen LogP contribution in [0.3, 0.4) is 0 Å². The van der Waals surface area contributed by atoms with Gasteiger partial charge in [-0.2, -0.15) is 0 Å². The van der Waals surface area contributed by atoms with E-state index < -0.39 is 5.97 Å². The predicted octanol–water partition coefficient (Wildman–Crippen LogP) is 2.16. The second kappa shape index (κ2) is 5.92. The molecule has 0 bridgehead atoms. The molecule has 3 rings (SSSR count). The number of anilines is 1. The molecule has 6 nitrogen and oxygen atoms in total. The van der Waals surface area contributed by atoms with Crippen LogP contribution in [0.25, 0.3) is 0 Å². The van der Waals surface area contributed by atoms with Crippen molar-refractivity contribution in [1.82, 2.24) is 15.0 Å². The van der Waals surface area contributed by atoms with Gasteiger partial charge in [-0.25, -0.2) is 19.7 Å². The van der Waals surface area contributed by atoms with Gasteiger partial charge in [0.05, 0.1) is 5.69 Å². The van der Waals surface area contributed by atoms with E-state index in [4.69, 9.17) is 0 Å². The van der Waals surface area contributed by atoms with Gasteiger partial charge >= 0.3 is 5.97 Å². The summed E-state index contributed by atoms with van der Waals surface area (Å²) in [5.41, 5.74) is 2.92. The maximum absolute atomic E-state index is 11.2. The van der Waals surface area contributed by atoms with Crippen LogP contribution in [0.2, 0.25) is 0 Å². The zero-order chi connectivity index (χ0) is 15.7. The Bertz CT molecular complexity index is 735. The highest BCUT2D eigenvalue weighted by atomic mass is 32.2. The van der Waals surface area contributed by atoms with E-state index in [1.807, 2.05) is 18.5 Å². The third kappa shape index (κ3) is 2.76. The van der Waals surface area contributed by atoms with E-state index in [1.54, 1.807) is 13.0 Å². The molecule has 0 atom stereocenters. The van der Waals surface area contributed by atoms with E-state index in [0.717, 1.165) is 29.4 Å². The topological polar surface area (TPSA) is 79.2 Å². The van der Waals surface area contributed by atoms with Crippen LogP contribution in [-0.4, -0.2) is 38.8 Å². The molecule has 0 unspecified atom stereocenters. The minimum Gasteiger partial charge on any atom is -0.477 e. The molecule has 0 fully saturated rings. The van der Waals surface area contributed by atoms with Crippen molar-refractivity contribution >= 4 is 23.5 Å². The Labute approximate surface area is 132 Å². The molecule has 0 spiro atoms. The van der Waals surface area contributed by atoms with Crippen molar-refractivity contribution in [1.29, 1.82) is 0 Å². The van der Waals surface area contributed by atoms with Gasteiger partial charge in [0.1, 0.15) is 5.82 Å². The highest BCUT2D eigenvalue weighted by Crippen LogP contribution is 2.24. The number of hydrogen-bond acceptors (Lipinski definition) is 6. The number of fused-ring (bicyclic) bond motifs is 1. The molecule has 0 saturated carbocycles. The molecule has 0 saturated heterocycles. The van der Waals surface area contributed by atoms with Crippen molar-refractivity contribution < 1.29 is 9.90 Å². The third-order valence-corrected chi connectivity index (χ3v) is 4.27. The first kappa shape index (κ1) is 14.8. The predicted molar refractivity (Wildman–Crippen MR) is 84.5 cm³/mol. The van der Waals surface area contributed by atoms with E-state index in [9.17, 15) is 9.90 Å². The fraction of sp³-hybridized carbons (Fsp3) is 0.333. The first-order valence-corrected chi connectivity index (χ1v) is 8.15. The van der Waals surface area contributed by atoms with Crippen LogP contribution in [0.5, 0.6) is 0 Å². The van der Waals surface area contributed by atoms with Crippen LogP contribution in [-0.2, 0) is 13.0 Å². The van der Waals surface area contributed by atoms with E-state index in [-0.39, 0.29) is 5.69 Å². The lowest BCUT2D eigenvalue weighted by Gasteiger charge is -2.29. The van der Waals surface area contributed by atoms with Crippen molar-refractivity contribution in [2.45, 2.75) is 25.0 Å². The molecule has 22 heavy (non-hydrogen) atoms. The fourth-order valence-electron chi connectivity index (χ4n) is 2.50. The number of aromatic nitrogens is 3. The average Bonchev–Trinajstić information content (AvgIpc) is 2.54. The van der Waals surface area contributed by atoms with Gasteiger partial charge in [0.15, 0.2) is 10.9 Å². The Kier molecular flexibility index (Phi) is 3.98. The average molecular weight is 316 g/mol. The summed E-state index contributed by atoms with van der Waals surface area (Å²) in [6.45, 7) is 3.18. The Morgan fingerprint density at radius 3 is 2.91 bits per heavy atom. The SMILES string of the molecule is CSc1ncc2c(n1)CCN(c1ccc(C)c(C(=O)O)n1)C2. The Morgan fingerprint density at radius 2 is 2.18 bits per heavy atom. The molecule has 114 valence electrons. The number of carboxylic acid groups (broad SMARTS) is 1. The normalized spacial score (nSPS) is 13.8. The standard InChI is InChI=1S/C15H16N4O2S/c1-9-3-4-12(18-13(9)14(20)21)19-6-5-11-10(8-19)7-16-15(17-11)22-2/h3-4,7H,5-6,8H2,1-2H3,(H,20,21). The van der Waals surface area contributed by atoms with Gasteiger partial charge in [0.2, 0.25) is 0 Å². The van der Waals surface area contributed by atoms with Crippen molar-refractivity contribution in [3.8, 4) is 0 Å². The summed E-state index contributed by atoms with van der Waals surface area (Å²) < 4.78 is 0. The van der Waals surface area contributed by atoms with E-state index in [1.165, 1.54) is 11.8 Å². The summed E-state index contributed by atoms with van der Waals surface area (Å²) in [6, 6.07) is 3.67. The summed E-state index contributed by atoms with van der Waals surface area (Å²) in [7, 11) is 0. The summed E-state index contributed by atoms with van der Waals surface area (Å²) in [6.07, 6.45) is 4.62. The van der Waals surface area contributed by atoms with Crippen molar-refractivity contribution in [3.63, 3.8) is 0 Å². The number of carboxylic acids is 1. The van der Waals surface area contributed by atoms with Crippen LogP contribution < -0.4 is 4.90 Å². The number of hydrogen-bond donors (Lipinski definition) is 1. The van der Waals surface area contributed by atoms with E-state index >= 15 is 0 Å². The van der Waals surface area contributed by atoms with Crippen LogP contribution in [0.4, 0.5) is 5.82 Å². The summed E-state index contributed by atoms with van der Waals surface area (Å²) in [5.74, 6) is -0.313. The Balaban J connectivity index is 1.88. The number of nitrogens with zero attached hydrogens (tertiary/aromatic N) is 4. The second-order valence-electron chi connectivity index (χ2n) is 5.14. The van der Waals surface area contributed by atoms with Crippen molar-refractivity contribution in [2.75, 3.05) is 17.7 Å². The molecule has 1 aliphatic rings. The lowest BCUT2D eigenvalue weighted by molar-refractivity contribution is 0.0689. The smallest absolute Gasteiger partial charge is 0.354 e. The fourth-order valence-corrected chi connectivity index (χ4v) is 2.86. The highest BCUT2D eigenvalue weighted by molar-refractivity contribution is 7.98. The largest absolute Gasteiger partial charge is 0.477 e. The summed E-state index contributed by atoms with van der Waals surface area (Å²) in [4.78, 5) is 26.4. The summed E-state index contributed by atoms with van der Waals surface area (Å²) >= 11 is 1.53. The molecular formula is C15H16N4O2S. The minimum atomic E-state index is -0.996. The molecule has 1 aliphatic heterocycles. The second-order valence-corrected chi connectivity index (χ2v) is 5.91. The number of thioether (sulfide) groups is 1. The van der Waals surface area contributed by atoms with Gasteiger partial charge < -0.3 is 10.0 Å². The van der Waals surface area contributed by atoms with E-state index in [0.29, 0.717) is 17.9 Å². The lowest BCUT2D eigenvalue weighted by Crippen LogP contribution is -2.32. The van der Waals surface area contributed by atoms with Gasteiger partial charge in [-0.05, 0) is 24.8 Å². The zero-order valence-corrected chi connectivity index (χ0v) is 13.2. The highest BCUT2D eigenvalue weighted by Gasteiger charge is 2.21. The quantitative estimate of drug-likeness (QED) is 0.686. The number of aryl methyl sites for hydroxylation is 1. The maximum Gasteiger partial charge on any atom is 0.354 e. The molecule has 0 aromatic carbocycles. The van der Waals surface area contributed by atoms with E-state index in [2.05, 4.69) is 19.9 Å². The molecule has 1 N–H and O–H groups in total. The Hall–Kier alpha value is -2.15. The molecule has 2 aromatic heterocycles. The zero-order valence-electron chi connectivity index (χ0n) is 12.4. The summed E-state index contributed by atoms with van der Waals surface area (Å²) in [5, 5.41) is 9.99. The maximum atomic E-state index is 11.2. The van der Waals surface area contributed by atoms with Crippen LogP contribution >= 0.6 is 11.8 Å². The van der Waals surface area contributed by atoms with Gasteiger partial charge in [-0.1, -0.05) is 17.8 Å². The lowest BCUT2D eigenvalue weighted by atomic mass is 10.1. The van der Waals surface area contributed by atoms with Crippen molar-refractivity contribution in [3.05, 3.63) is 40.8 Å². The number of aromatic carboxylic acids is 1. The van der Waals surface area contributed by atoms with Gasteiger partial charge in [-0.3, -0.25) is 0 Å².